The van der Waals surface area contributed by atoms with Crippen molar-refractivity contribution in [2.24, 2.45) is 0 Å². The van der Waals surface area contributed by atoms with E-state index < -0.39 is 5.51 Å². The van der Waals surface area contributed by atoms with Gasteiger partial charge in [0, 0.05) is 16.9 Å². The molecule has 0 saturated carbocycles. The second-order valence-corrected chi connectivity index (χ2v) is 4.58. The topological polar surface area (TPSA) is 17.1 Å². The van der Waals surface area contributed by atoms with Crippen molar-refractivity contribution >= 4 is 17.5 Å². The van der Waals surface area contributed by atoms with E-state index in [1.807, 2.05) is 6.92 Å². The molecule has 17 heavy (non-hydrogen) atoms. The molecule has 0 radical (unpaired) electrons. The summed E-state index contributed by atoms with van der Waals surface area (Å²) in [7, 11) is 0. The summed E-state index contributed by atoms with van der Waals surface area (Å²) in [6.45, 7) is 3.47. The van der Waals surface area contributed by atoms with Gasteiger partial charge in [-0.15, -0.1) is 0 Å². The lowest BCUT2D eigenvalue weighted by Gasteiger charge is -2.13. The number of thioether (sulfide) groups is 1. The number of hydrogen-bond donors (Lipinski definition) is 0. The van der Waals surface area contributed by atoms with Crippen molar-refractivity contribution in [1.82, 2.24) is 0 Å². The lowest BCUT2D eigenvalue weighted by molar-refractivity contribution is -0.0328. The van der Waals surface area contributed by atoms with Gasteiger partial charge < -0.3 is 0 Å². The minimum absolute atomic E-state index is 0.00343. The molecule has 0 N–H and O–H groups in total. The number of ketones is 1. The van der Waals surface area contributed by atoms with Gasteiger partial charge in [0.05, 0.1) is 0 Å². The molecule has 1 nitrogen and oxygen atoms in total. The van der Waals surface area contributed by atoms with Gasteiger partial charge in [-0.05, 0) is 29.8 Å². The molecule has 0 aliphatic carbocycles. The van der Waals surface area contributed by atoms with Crippen LogP contribution in [0.2, 0.25) is 0 Å². The maximum Gasteiger partial charge on any atom is 0.446 e. The second-order valence-electron chi connectivity index (χ2n) is 3.47. The predicted octanol–water partition coefficient (Wildman–Crippen LogP) is 4.45. The van der Waals surface area contributed by atoms with E-state index in [1.54, 1.807) is 19.1 Å². The van der Waals surface area contributed by atoms with Gasteiger partial charge in [0.2, 0.25) is 0 Å². The molecule has 0 amide bonds. The van der Waals surface area contributed by atoms with Gasteiger partial charge in [0.1, 0.15) is 0 Å². The van der Waals surface area contributed by atoms with Crippen molar-refractivity contribution in [3.05, 3.63) is 29.3 Å². The zero-order valence-electron chi connectivity index (χ0n) is 9.60. The van der Waals surface area contributed by atoms with Gasteiger partial charge in [-0.25, -0.2) is 0 Å². The number of aryl methyl sites for hydroxylation is 1. The number of carbonyl (C=O) groups excluding carboxylic acids is 1. The summed E-state index contributed by atoms with van der Waals surface area (Å²) in [6, 6.07) is 4.60. The van der Waals surface area contributed by atoms with Crippen molar-refractivity contribution in [3.63, 3.8) is 0 Å². The fourth-order valence-corrected chi connectivity index (χ4v) is 2.32. The van der Waals surface area contributed by atoms with E-state index >= 15 is 0 Å². The molecule has 1 rings (SSSR count). The summed E-state index contributed by atoms with van der Waals surface area (Å²) in [6.07, 6.45) is 0.760. The molecule has 0 unspecified atom stereocenters. The zero-order chi connectivity index (χ0) is 13.1. The molecule has 5 heteroatoms. The minimum atomic E-state index is -4.37. The Morgan fingerprint density at radius 2 is 1.94 bits per heavy atom. The van der Waals surface area contributed by atoms with E-state index in [0.717, 1.165) is 0 Å². The standard InChI is InChI=1S/C12H13F3OS/c1-3-8-6-5-7-10(17-12(13,14)15)11(8)9(16)4-2/h5-7H,3-4H2,1-2H3. The third kappa shape index (κ3) is 3.77. The van der Waals surface area contributed by atoms with Gasteiger partial charge in [0.15, 0.2) is 5.78 Å². The Kier molecular flexibility index (Phi) is 4.62. The van der Waals surface area contributed by atoms with Crippen LogP contribution in [0.1, 0.15) is 36.2 Å². The molecular weight excluding hydrogens is 249 g/mol. The average Bonchev–Trinajstić information content (AvgIpc) is 2.25. The smallest absolute Gasteiger partial charge is 0.294 e. The highest BCUT2D eigenvalue weighted by molar-refractivity contribution is 8.00. The van der Waals surface area contributed by atoms with Gasteiger partial charge in [-0.1, -0.05) is 26.0 Å². The van der Waals surface area contributed by atoms with Crippen LogP contribution in [0.3, 0.4) is 0 Å². The molecule has 0 heterocycles. The zero-order valence-corrected chi connectivity index (χ0v) is 10.4. The molecule has 94 valence electrons. The van der Waals surface area contributed by atoms with Gasteiger partial charge in [-0.2, -0.15) is 13.2 Å². The Morgan fingerprint density at radius 3 is 2.41 bits per heavy atom. The van der Waals surface area contributed by atoms with Crippen molar-refractivity contribution in [2.75, 3.05) is 0 Å². The van der Waals surface area contributed by atoms with Crippen molar-refractivity contribution in [2.45, 2.75) is 37.1 Å². The molecular formula is C12H13F3OS. The molecule has 0 aromatic heterocycles. The normalized spacial score (nSPS) is 11.6. The number of hydrogen-bond acceptors (Lipinski definition) is 2. The van der Waals surface area contributed by atoms with Crippen molar-refractivity contribution < 1.29 is 18.0 Å². The molecule has 0 spiro atoms. The molecule has 0 fully saturated rings. The molecule has 0 bridgehead atoms. The lowest BCUT2D eigenvalue weighted by atomic mass is 10.0. The average molecular weight is 262 g/mol. The monoisotopic (exact) mass is 262 g/mol. The van der Waals surface area contributed by atoms with Crippen molar-refractivity contribution in [3.8, 4) is 0 Å². The Balaban J connectivity index is 3.24. The molecule has 0 aliphatic heterocycles. The largest absolute Gasteiger partial charge is 0.446 e. The Morgan fingerprint density at radius 1 is 1.29 bits per heavy atom. The highest BCUT2D eigenvalue weighted by Gasteiger charge is 2.31. The number of alkyl halides is 3. The van der Waals surface area contributed by atoms with E-state index in [1.165, 1.54) is 6.07 Å². The summed E-state index contributed by atoms with van der Waals surface area (Å²) in [5, 5.41) is 0. The number of halogens is 3. The predicted molar refractivity (Wildman–Crippen MR) is 62.4 cm³/mol. The molecule has 1 aromatic carbocycles. The van der Waals surface area contributed by atoms with Crippen LogP contribution in [-0.4, -0.2) is 11.3 Å². The number of carbonyl (C=O) groups is 1. The van der Waals surface area contributed by atoms with E-state index in [2.05, 4.69) is 0 Å². The van der Waals surface area contributed by atoms with E-state index in [4.69, 9.17) is 0 Å². The van der Waals surface area contributed by atoms with E-state index in [0.29, 0.717) is 12.0 Å². The fraction of sp³-hybridized carbons (Fsp3) is 0.417. The molecule has 1 aromatic rings. The highest BCUT2D eigenvalue weighted by Crippen LogP contribution is 2.39. The molecule has 0 saturated heterocycles. The second kappa shape index (κ2) is 5.58. The SMILES string of the molecule is CCC(=O)c1c(CC)cccc1SC(F)(F)F. The van der Waals surface area contributed by atoms with E-state index in [9.17, 15) is 18.0 Å². The highest BCUT2D eigenvalue weighted by atomic mass is 32.2. The molecule has 0 aliphatic rings. The van der Waals surface area contributed by atoms with Gasteiger partial charge in [-0.3, -0.25) is 4.79 Å². The summed E-state index contributed by atoms with van der Waals surface area (Å²) in [5.74, 6) is -0.241. The van der Waals surface area contributed by atoms with Crippen LogP contribution >= 0.6 is 11.8 Å². The summed E-state index contributed by atoms with van der Waals surface area (Å²) in [4.78, 5) is 11.7. The summed E-state index contributed by atoms with van der Waals surface area (Å²) < 4.78 is 37.1. The van der Waals surface area contributed by atoms with Crippen LogP contribution in [0.5, 0.6) is 0 Å². The van der Waals surface area contributed by atoms with Gasteiger partial charge >= 0.3 is 5.51 Å². The quantitative estimate of drug-likeness (QED) is 0.589. The van der Waals surface area contributed by atoms with Crippen LogP contribution < -0.4 is 0 Å². The van der Waals surface area contributed by atoms with Crippen LogP contribution in [0.15, 0.2) is 23.1 Å². The number of benzene rings is 1. The first-order valence-corrected chi connectivity index (χ1v) is 6.11. The van der Waals surface area contributed by atoms with E-state index in [-0.39, 0.29) is 34.4 Å². The van der Waals surface area contributed by atoms with Crippen LogP contribution in [-0.2, 0) is 6.42 Å². The fourth-order valence-electron chi connectivity index (χ4n) is 1.57. The summed E-state index contributed by atoms with van der Waals surface area (Å²) >= 11 is -0.220. The Labute approximate surface area is 102 Å². The maximum absolute atomic E-state index is 12.4. The number of rotatable bonds is 4. The number of Topliss-reactive ketones (excluding diaryl/α,β-unsaturated/α-hetero) is 1. The lowest BCUT2D eigenvalue weighted by Crippen LogP contribution is -2.07. The first kappa shape index (κ1) is 14.1. The van der Waals surface area contributed by atoms with Gasteiger partial charge in [0.25, 0.3) is 0 Å². The first-order chi connectivity index (χ1) is 7.89. The Hall–Kier alpha value is -0.970. The first-order valence-electron chi connectivity index (χ1n) is 5.29. The van der Waals surface area contributed by atoms with Crippen LogP contribution in [0.4, 0.5) is 13.2 Å². The third-order valence-electron chi connectivity index (χ3n) is 2.32. The van der Waals surface area contributed by atoms with Crippen LogP contribution in [0, 0.1) is 0 Å². The van der Waals surface area contributed by atoms with Crippen LogP contribution in [0.25, 0.3) is 0 Å². The summed E-state index contributed by atoms with van der Waals surface area (Å²) in [5.41, 5.74) is -3.47. The minimum Gasteiger partial charge on any atom is -0.294 e. The third-order valence-corrected chi connectivity index (χ3v) is 3.11. The van der Waals surface area contributed by atoms with Crippen molar-refractivity contribution in [1.29, 1.82) is 0 Å². The maximum atomic E-state index is 12.4. The Bertz CT molecular complexity index is 413. The molecule has 0 atom stereocenters.